The van der Waals surface area contributed by atoms with Crippen molar-refractivity contribution in [2.45, 2.75) is 43.2 Å². The summed E-state index contributed by atoms with van der Waals surface area (Å²) in [4.78, 5) is 27.0. The summed E-state index contributed by atoms with van der Waals surface area (Å²) >= 11 is 0. The van der Waals surface area contributed by atoms with Crippen LogP contribution in [0.1, 0.15) is 35.7 Å². The Morgan fingerprint density at radius 1 is 1.09 bits per heavy atom. The topological polar surface area (TPSA) is 122 Å². The van der Waals surface area contributed by atoms with Crippen LogP contribution in [0, 0.1) is 5.82 Å². The molecule has 4 N–H and O–H groups in total. The molecule has 0 bridgehead atoms. The molecule has 0 radical (unpaired) electrons. The van der Waals surface area contributed by atoms with Gasteiger partial charge in [-0.3, -0.25) is 14.5 Å². The van der Waals surface area contributed by atoms with E-state index in [2.05, 4.69) is 15.5 Å². The molecule has 33 heavy (non-hydrogen) atoms. The third kappa shape index (κ3) is 7.08. The molecule has 0 spiro atoms. The van der Waals surface area contributed by atoms with Crippen molar-refractivity contribution < 1.29 is 22.4 Å². The van der Waals surface area contributed by atoms with Crippen LogP contribution in [0.4, 0.5) is 4.39 Å². The summed E-state index contributed by atoms with van der Waals surface area (Å²) in [5.74, 6) is -0.687. The molecule has 10 heteroatoms. The molecule has 2 aromatic carbocycles. The van der Waals surface area contributed by atoms with E-state index in [0.29, 0.717) is 31.6 Å². The van der Waals surface area contributed by atoms with Crippen molar-refractivity contribution in [2.75, 3.05) is 19.6 Å². The number of amides is 2. The standard InChI is InChI=1S/C23H29FN4O4S/c1-16(22(29)26-13-10-17-2-8-21(9-3-17)33(25,31)32)28-14-11-20(12-15-28)27-23(30)18-4-6-19(24)7-5-18/h2-9,16,20H,10-15H2,1H3,(H,26,29)(H,27,30)(H2,25,31,32). The molecule has 8 nitrogen and oxygen atoms in total. The van der Waals surface area contributed by atoms with Gasteiger partial charge in [0.15, 0.2) is 0 Å². The molecule has 0 aliphatic carbocycles. The number of halogens is 1. The maximum absolute atomic E-state index is 13.0. The van der Waals surface area contributed by atoms with Gasteiger partial charge in [-0.2, -0.15) is 0 Å². The number of carbonyl (C=O) groups excluding carboxylic acids is 2. The highest BCUT2D eigenvalue weighted by Gasteiger charge is 2.27. The van der Waals surface area contributed by atoms with E-state index in [-0.39, 0.29) is 34.6 Å². The molecule has 0 aromatic heterocycles. The monoisotopic (exact) mass is 476 g/mol. The fourth-order valence-corrected chi connectivity index (χ4v) is 4.31. The average molecular weight is 477 g/mol. The van der Waals surface area contributed by atoms with E-state index in [0.717, 1.165) is 18.4 Å². The lowest BCUT2D eigenvalue weighted by atomic mass is 10.0. The summed E-state index contributed by atoms with van der Waals surface area (Å²) in [6, 6.07) is 11.4. The molecule has 178 valence electrons. The van der Waals surface area contributed by atoms with E-state index in [1.165, 1.54) is 36.4 Å². The lowest BCUT2D eigenvalue weighted by Gasteiger charge is -2.35. The van der Waals surface area contributed by atoms with Crippen molar-refractivity contribution in [3.63, 3.8) is 0 Å². The minimum Gasteiger partial charge on any atom is -0.354 e. The normalized spacial score (nSPS) is 16.2. The number of likely N-dealkylation sites (tertiary alicyclic amines) is 1. The molecule has 1 fully saturated rings. The zero-order chi connectivity index (χ0) is 24.0. The zero-order valence-electron chi connectivity index (χ0n) is 18.5. The Kier molecular flexibility index (Phi) is 8.17. The second-order valence-corrected chi connectivity index (χ2v) is 9.76. The lowest BCUT2D eigenvalue weighted by Crippen LogP contribution is -2.51. The van der Waals surface area contributed by atoms with Crippen LogP contribution in [0.2, 0.25) is 0 Å². The van der Waals surface area contributed by atoms with Crippen LogP contribution in [-0.4, -0.2) is 56.9 Å². The average Bonchev–Trinajstić information content (AvgIpc) is 2.79. The maximum Gasteiger partial charge on any atom is 0.251 e. The Labute approximate surface area is 193 Å². The number of hydrogen-bond acceptors (Lipinski definition) is 5. The van der Waals surface area contributed by atoms with Crippen molar-refractivity contribution in [3.05, 3.63) is 65.5 Å². The number of sulfonamides is 1. The number of nitrogens with one attached hydrogen (secondary N) is 2. The van der Waals surface area contributed by atoms with Gasteiger partial charge in [0, 0.05) is 31.2 Å². The van der Waals surface area contributed by atoms with Gasteiger partial charge in [0.1, 0.15) is 5.82 Å². The van der Waals surface area contributed by atoms with Gasteiger partial charge >= 0.3 is 0 Å². The van der Waals surface area contributed by atoms with E-state index >= 15 is 0 Å². The van der Waals surface area contributed by atoms with Crippen molar-refractivity contribution in [3.8, 4) is 0 Å². The molecule has 2 aromatic rings. The van der Waals surface area contributed by atoms with Gasteiger partial charge in [0.05, 0.1) is 10.9 Å². The summed E-state index contributed by atoms with van der Waals surface area (Å²) in [6.07, 6.45) is 2.02. The minimum atomic E-state index is -3.72. The smallest absolute Gasteiger partial charge is 0.251 e. The molecule has 1 saturated heterocycles. The van der Waals surface area contributed by atoms with Crippen molar-refractivity contribution in [2.24, 2.45) is 5.14 Å². The Morgan fingerprint density at radius 3 is 2.27 bits per heavy atom. The number of carbonyl (C=O) groups is 2. The molecular formula is C23H29FN4O4S. The number of piperidine rings is 1. The summed E-state index contributed by atoms with van der Waals surface area (Å²) in [7, 11) is -3.72. The van der Waals surface area contributed by atoms with Crippen LogP contribution in [-0.2, 0) is 21.2 Å². The van der Waals surface area contributed by atoms with Crippen LogP contribution in [0.15, 0.2) is 53.4 Å². The van der Waals surface area contributed by atoms with Gasteiger partial charge < -0.3 is 10.6 Å². The lowest BCUT2D eigenvalue weighted by molar-refractivity contribution is -0.126. The largest absolute Gasteiger partial charge is 0.354 e. The second-order valence-electron chi connectivity index (χ2n) is 8.20. The van der Waals surface area contributed by atoms with Gasteiger partial charge in [0.25, 0.3) is 5.91 Å². The molecule has 1 aliphatic rings. The first-order valence-corrected chi connectivity index (χ1v) is 12.4. The number of nitrogens with two attached hydrogens (primary N) is 1. The molecule has 2 amide bonds. The van der Waals surface area contributed by atoms with Crippen LogP contribution in [0.3, 0.4) is 0 Å². The van der Waals surface area contributed by atoms with E-state index < -0.39 is 10.0 Å². The summed E-state index contributed by atoms with van der Waals surface area (Å²) in [5, 5.41) is 11.0. The molecule has 0 saturated carbocycles. The number of primary sulfonamides is 1. The van der Waals surface area contributed by atoms with Crippen LogP contribution < -0.4 is 15.8 Å². The fraction of sp³-hybridized carbons (Fsp3) is 0.391. The van der Waals surface area contributed by atoms with Crippen LogP contribution in [0.25, 0.3) is 0 Å². The number of rotatable bonds is 8. The first kappa shape index (κ1) is 24.8. The zero-order valence-corrected chi connectivity index (χ0v) is 19.3. The Balaban J connectivity index is 1.39. The molecule has 1 unspecified atom stereocenters. The predicted octanol–water partition coefficient (Wildman–Crippen LogP) is 1.41. The number of nitrogens with zero attached hydrogens (tertiary/aromatic N) is 1. The highest BCUT2D eigenvalue weighted by Crippen LogP contribution is 2.15. The third-order valence-corrected chi connectivity index (χ3v) is 6.79. The SMILES string of the molecule is CC(C(=O)NCCc1ccc(S(N)(=O)=O)cc1)N1CCC(NC(=O)c2ccc(F)cc2)CC1. The highest BCUT2D eigenvalue weighted by molar-refractivity contribution is 7.89. The van der Waals surface area contributed by atoms with Crippen LogP contribution in [0.5, 0.6) is 0 Å². The van der Waals surface area contributed by atoms with Gasteiger partial charge in [-0.05, 0) is 68.1 Å². The van der Waals surface area contributed by atoms with Gasteiger partial charge in [-0.1, -0.05) is 12.1 Å². The molecule has 3 rings (SSSR count). The Bertz CT molecular complexity index is 1070. The van der Waals surface area contributed by atoms with E-state index in [9.17, 15) is 22.4 Å². The Morgan fingerprint density at radius 2 is 1.70 bits per heavy atom. The van der Waals surface area contributed by atoms with E-state index in [4.69, 9.17) is 5.14 Å². The van der Waals surface area contributed by atoms with Gasteiger partial charge in [-0.15, -0.1) is 0 Å². The van der Waals surface area contributed by atoms with Crippen molar-refractivity contribution in [1.82, 2.24) is 15.5 Å². The summed E-state index contributed by atoms with van der Waals surface area (Å²) in [5.41, 5.74) is 1.32. The van der Waals surface area contributed by atoms with Crippen LogP contribution >= 0.6 is 0 Å². The molecule has 1 heterocycles. The predicted molar refractivity (Wildman–Crippen MR) is 122 cm³/mol. The first-order chi connectivity index (χ1) is 15.6. The van der Waals surface area contributed by atoms with Crippen molar-refractivity contribution >= 4 is 21.8 Å². The van der Waals surface area contributed by atoms with Gasteiger partial charge in [-0.25, -0.2) is 17.9 Å². The molecule has 1 aliphatic heterocycles. The summed E-state index contributed by atoms with van der Waals surface area (Å²) < 4.78 is 35.6. The fourth-order valence-electron chi connectivity index (χ4n) is 3.79. The molecule has 1 atom stereocenters. The molecular weight excluding hydrogens is 447 g/mol. The van der Waals surface area contributed by atoms with E-state index in [1.54, 1.807) is 12.1 Å². The van der Waals surface area contributed by atoms with Gasteiger partial charge in [0.2, 0.25) is 15.9 Å². The number of hydrogen-bond donors (Lipinski definition) is 3. The second kappa shape index (κ2) is 10.9. The quantitative estimate of drug-likeness (QED) is 0.532. The van der Waals surface area contributed by atoms with Crippen molar-refractivity contribution in [1.29, 1.82) is 0 Å². The Hall–Kier alpha value is -2.82. The highest BCUT2D eigenvalue weighted by atomic mass is 32.2. The maximum atomic E-state index is 13.0. The van der Waals surface area contributed by atoms with E-state index in [1.807, 2.05) is 6.92 Å². The number of benzene rings is 2. The third-order valence-electron chi connectivity index (χ3n) is 5.86. The minimum absolute atomic E-state index is 0.00868. The summed E-state index contributed by atoms with van der Waals surface area (Å²) in [6.45, 7) is 3.64. The first-order valence-electron chi connectivity index (χ1n) is 10.8.